The first-order valence-electron chi connectivity index (χ1n) is 11.2. The van der Waals surface area contributed by atoms with Gasteiger partial charge in [-0.05, 0) is 51.2 Å². The number of carbonyl (C=O) groups excluding carboxylic acids is 1. The number of guanidine groups is 1. The Morgan fingerprint density at radius 2 is 2.00 bits per heavy atom. The van der Waals surface area contributed by atoms with Crippen molar-refractivity contribution in [1.29, 1.82) is 0 Å². The highest BCUT2D eigenvalue weighted by Crippen LogP contribution is 2.35. The van der Waals surface area contributed by atoms with E-state index in [1.54, 1.807) is 14.2 Å². The molecule has 0 aromatic heterocycles. The zero-order valence-corrected chi connectivity index (χ0v) is 21.0. The van der Waals surface area contributed by atoms with E-state index in [1.165, 1.54) is 5.56 Å². The topological polar surface area (TPSA) is 84.0 Å². The lowest BCUT2D eigenvalue weighted by Crippen LogP contribution is -2.47. The molecule has 3 aliphatic rings. The number of nitrogens with zero attached hydrogens (tertiary/aromatic N) is 1. The lowest BCUT2D eigenvalue weighted by molar-refractivity contribution is -0.126. The third-order valence-corrected chi connectivity index (χ3v) is 6.28. The van der Waals surface area contributed by atoms with Crippen LogP contribution in [0.25, 0.3) is 0 Å². The van der Waals surface area contributed by atoms with Gasteiger partial charge in [-0.1, -0.05) is 6.42 Å². The molecule has 7 nitrogen and oxygen atoms in total. The van der Waals surface area contributed by atoms with Gasteiger partial charge in [0, 0.05) is 49.1 Å². The highest BCUT2D eigenvalue weighted by Gasteiger charge is 2.31. The molecule has 0 spiro atoms. The van der Waals surface area contributed by atoms with Crippen LogP contribution in [-0.2, 0) is 17.8 Å². The minimum absolute atomic E-state index is 0. The summed E-state index contributed by atoms with van der Waals surface area (Å²) in [7, 11) is 3.48. The molecule has 31 heavy (non-hydrogen) atoms. The Balaban J connectivity index is 0.00000272. The van der Waals surface area contributed by atoms with E-state index in [0.717, 1.165) is 68.0 Å². The smallest absolute Gasteiger partial charge is 0.223 e. The van der Waals surface area contributed by atoms with Crippen LogP contribution in [0.2, 0.25) is 0 Å². The number of benzene rings is 1. The van der Waals surface area contributed by atoms with Crippen LogP contribution in [0, 0.1) is 5.92 Å². The lowest BCUT2D eigenvalue weighted by Gasteiger charge is -2.30. The Kier molecular flexibility index (Phi) is 8.30. The zero-order valence-electron chi connectivity index (χ0n) is 18.7. The number of rotatable bonds is 6. The van der Waals surface area contributed by atoms with Crippen molar-refractivity contribution in [3.63, 3.8) is 0 Å². The summed E-state index contributed by atoms with van der Waals surface area (Å²) in [4.78, 5) is 16.8. The van der Waals surface area contributed by atoms with E-state index < -0.39 is 0 Å². The Labute approximate surface area is 202 Å². The summed E-state index contributed by atoms with van der Waals surface area (Å²) in [6.07, 6.45) is 7.34. The van der Waals surface area contributed by atoms with Crippen molar-refractivity contribution in [3.8, 4) is 11.5 Å². The fourth-order valence-electron chi connectivity index (χ4n) is 4.48. The summed E-state index contributed by atoms with van der Waals surface area (Å²) >= 11 is 0. The molecule has 4 rings (SSSR count). The van der Waals surface area contributed by atoms with Crippen molar-refractivity contribution in [3.05, 3.63) is 23.3 Å². The second-order valence-corrected chi connectivity index (χ2v) is 8.82. The summed E-state index contributed by atoms with van der Waals surface area (Å²) in [6.45, 7) is 2.67. The molecule has 172 valence electrons. The first kappa shape index (κ1) is 23.9. The van der Waals surface area contributed by atoms with E-state index >= 15 is 0 Å². The van der Waals surface area contributed by atoms with Gasteiger partial charge in [-0.15, -0.1) is 24.0 Å². The van der Waals surface area contributed by atoms with Crippen molar-refractivity contribution in [1.82, 2.24) is 16.0 Å². The molecule has 1 aromatic carbocycles. The summed E-state index contributed by atoms with van der Waals surface area (Å²) in [5.74, 6) is 2.89. The number of aliphatic imine (C=N–C) groups is 1. The monoisotopic (exact) mass is 542 g/mol. The maximum atomic E-state index is 12.4. The van der Waals surface area contributed by atoms with Crippen molar-refractivity contribution >= 4 is 35.8 Å². The molecule has 1 aromatic rings. The number of nitrogens with one attached hydrogen (secondary N) is 3. The molecule has 0 bridgehead atoms. The third-order valence-electron chi connectivity index (χ3n) is 6.28. The second-order valence-electron chi connectivity index (χ2n) is 8.82. The normalized spacial score (nSPS) is 25.0. The number of ether oxygens (including phenoxy) is 2. The number of amides is 1. The standard InChI is InChI=1S/C23H34N4O3.HI/c1-14-9-16-11-20(29-3)17(12-21(16)30-14)13-25-23(24-2)27-19-6-4-5-15(10-19)22(28)26-18-7-8-18;/h11-12,14-15,18-19H,4-10,13H2,1-3H3,(H,26,28)(H2,24,25,27);1H. The Bertz CT molecular complexity index is 812. The van der Waals surface area contributed by atoms with Gasteiger partial charge in [0.2, 0.25) is 5.91 Å². The summed E-state index contributed by atoms with van der Waals surface area (Å²) in [6, 6.07) is 4.83. The Morgan fingerprint density at radius 1 is 1.19 bits per heavy atom. The number of halogens is 1. The summed E-state index contributed by atoms with van der Waals surface area (Å²) < 4.78 is 11.5. The molecule has 2 saturated carbocycles. The number of fused-ring (bicyclic) bond motifs is 1. The largest absolute Gasteiger partial charge is 0.496 e. The molecule has 3 unspecified atom stereocenters. The highest BCUT2D eigenvalue weighted by molar-refractivity contribution is 14.0. The molecule has 3 N–H and O–H groups in total. The van der Waals surface area contributed by atoms with Crippen molar-refractivity contribution < 1.29 is 14.3 Å². The van der Waals surface area contributed by atoms with E-state index in [9.17, 15) is 4.79 Å². The van der Waals surface area contributed by atoms with Crippen LogP contribution in [-0.4, -0.2) is 44.2 Å². The molecule has 2 aliphatic carbocycles. The maximum absolute atomic E-state index is 12.4. The van der Waals surface area contributed by atoms with E-state index in [1.807, 2.05) is 0 Å². The molecule has 0 saturated heterocycles. The van der Waals surface area contributed by atoms with Crippen LogP contribution >= 0.6 is 24.0 Å². The first-order chi connectivity index (χ1) is 14.6. The van der Waals surface area contributed by atoms with E-state index in [4.69, 9.17) is 9.47 Å². The van der Waals surface area contributed by atoms with Gasteiger partial charge in [-0.3, -0.25) is 9.79 Å². The molecule has 8 heteroatoms. The zero-order chi connectivity index (χ0) is 21.1. The molecular formula is C23H35IN4O3. The highest BCUT2D eigenvalue weighted by atomic mass is 127. The first-order valence-corrected chi connectivity index (χ1v) is 11.2. The SMILES string of the molecule is CN=C(NCc1cc2c(cc1OC)CC(C)O2)NC1CCCC(C(=O)NC2CC2)C1.I. The summed E-state index contributed by atoms with van der Waals surface area (Å²) in [5.41, 5.74) is 2.24. The van der Waals surface area contributed by atoms with Crippen molar-refractivity contribution in [2.75, 3.05) is 14.2 Å². The quantitative estimate of drug-likeness (QED) is 0.292. The third kappa shape index (κ3) is 6.17. The molecule has 3 atom stereocenters. The summed E-state index contributed by atoms with van der Waals surface area (Å²) in [5, 5.41) is 10.1. The van der Waals surface area contributed by atoms with Gasteiger partial charge in [-0.2, -0.15) is 0 Å². The maximum Gasteiger partial charge on any atom is 0.223 e. The Hall–Kier alpha value is -1.71. The van der Waals surface area contributed by atoms with Crippen molar-refractivity contribution in [2.45, 2.75) is 76.6 Å². The molecule has 1 aliphatic heterocycles. The second kappa shape index (κ2) is 10.7. The average molecular weight is 542 g/mol. The van der Waals surface area contributed by atoms with Crippen LogP contribution in [0.4, 0.5) is 0 Å². The van der Waals surface area contributed by atoms with Gasteiger partial charge in [0.15, 0.2) is 5.96 Å². The fourth-order valence-corrected chi connectivity index (χ4v) is 4.48. The van der Waals surface area contributed by atoms with E-state index in [-0.39, 0.29) is 47.9 Å². The predicted octanol–water partition coefficient (Wildman–Crippen LogP) is 3.14. The van der Waals surface area contributed by atoms with Gasteiger partial charge in [0.05, 0.1) is 7.11 Å². The van der Waals surface area contributed by atoms with Gasteiger partial charge in [-0.25, -0.2) is 0 Å². The van der Waals surface area contributed by atoms with Crippen LogP contribution < -0.4 is 25.4 Å². The van der Waals surface area contributed by atoms with Crippen LogP contribution in [0.1, 0.15) is 56.6 Å². The minimum atomic E-state index is 0. The van der Waals surface area contributed by atoms with E-state index in [2.05, 4.69) is 40.0 Å². The average Bonchev–Trinajstić information content (AvgIpc) is 3.48. The van der Waals surface area contributed by atoms with Gasteiger partial charge in [0.1, 0.15) is 17.6 Å². The van der Waals surface area contributed by atoms with E-state index in [0.29, 0.717) is 12.6 Å². The van der Waals surface area contributed by atoms with Gasteiger partial charge < -0.3 is 25.4 Å². The molecule has 1 amide bonds. The van der Waals surface area contributed by atoms with Crippen LogP contribution in [0.5, 0.6) is 11.5 Å². The Morgan fingerprint density at radius 3 is 2.71 bits per heavy atom. The molecular weight excluding hydrogens is 507 g/mol. The minimum Gasteiger partial charge on any atom is -0.496 e. The molecule has 0 radical (unpaired) electrons. The number of methoxy groups -OCH3 is 1. The molecule has 2 fully saturated rings. The lowest BCUT2D eigenvalue weighted by atomic mass is 9.85. The number of hydrogen-bond donors (Lipinski definition) is 3. The van der Waals surface area contributed by atoms with Crippen LogP contribution in [0.3, 0.4) is 0 Å². The number of carbonyl (C=O) groups is 1. The van der Waals surface area contributed by atoms with Gasteiger partial charge in [0.25, 0.3) is 0 Å². The van der Waals surface area contributed by atoms with Gasteiger partial charge >= 0.3 is 0 Å². The molecule has 1 heterocycles. The number of hydrogen-bond acceptors (Lipinski definition) is 4. The fraction of sp³-hybridized carbons (Fsp3) is 0.652. The predicted molar refractivity (Wildman–Crippen MR) is 132 cm³/mol. The van der Waals surface area contributed by atoms with Crippen molar-refractivity contribution in [2.24, 2.45) is 10.9 Å². The van der Waals surface area contributed by atoms with Crippen LogP contribution in [0.15, 0.2) is 17.1 Å².